The number of fused-ring (bicyclic) bond motifs is 5. The van der Waals surface area contributed by atoms with Crippen molar-refractivity contribution >= 4 is 44.7 Å². The Labute approximate surface area is 242 Å². The molecule has 0 radical (unpaired) electrons. The number of pyridine rings is 1. The SMILES string of the molecule is O=C1c2ccc(N(c3ccccc3)c3ccccc3)cc2-c2cc(-n3c4ccccc4c(=O)c4ccccc43)ccc21. The number of nitrogens with zero attached hydrogens (tertiary/aromatic N) is 2. The molecule has 8 rings (SSSR count). The number of hydrogen-bond donors (Lipinski definition) is 0. The fourth-order valence-electron chi connectivity index (χ4n) is 6.21. The van der Waals surface area contributed by atoms with E-state index < -0.39 is 0 Å². The van der Waals surface area contributed by atoms with Crippen molar-refractivity contribution in [3.63, 3.8) is 0 Å². The Balaban J connectivity index is 1.35. The normalized spacial score (nSPS) is 12.0. The molecule has 7 aromatic rings. The molecule has 0 amide bonds. The zero-order valence-corrected chi connectivity index (χ0v) is 22.6. The van der Waals surface area contributed by atoms with E-state index in [0.29, 0.717) is 21.9 Å². The van der Waals surface area contributed by atoms with Gasteiger partial charge in [0.05, 0.1) is 11.0 Å². The minimum atomic E-state index is 0.0192. The van der Waals surface area contributed by atoms with E-state index in [2.05, 4.69) is 45.9 Å². The third-order valence-electron chi connectivity index (χ3n) is 8.11. The molecule has 0 aliphatic heterocycles. The first kappa shape index (κ1) is 24.1. The summed E-state index contributed by atoms with van der Waals surface area (Å²) < 4.78 is 2.12. The minimum absolute atomic E-state index is 0.0192. The maximum absolute atomic E-state index is 13.6. The molecule has 1 aliphatic carbocycles. The summed E-state index contributed by atoms with van der Waals surface area (Å²) in [6.07, 6.45) is 0. The first-order chi connectivity index (χ1) is 20.7. The van der Waals surface area contributed by atoms with E-state index in [4.69, 9.17) is 0 Å². The number of hydrogen-bond acceptors (Lipinski definition) is 3. The number of benzene rings is 6. The summed E-state index contributed by atoms with van der Waals surface area (Å²) in [5.74, 6) is 0.0266. The second-order valence-corrected chi connectivity index (χ2v) is 10.5. The highest BCUT2D eigenvalue weighted by molar-refractivity contribution is 6.22. The Bertz CT molecular complexity index is 2140. The Morgan fingerprint density at radius 1 is 0.429 bits per heavy atom. The van der Waals surface area contributed by atoms with Gasteiger partial charge in [-0.15, -0.1) is 0 Å². The van der Waals surface area contributed by atoms with Crippen LogP contribution in [0.3, 0.4) is 0 Å². The summed E-state index contributed by atoms with van der Waals surface area (Å²) in [5.41, 5.74) is 8.80. The lowest BCUT2D eigenvalue weighted by molar-refractivity contribution is 0.104. The molecule has 0 bridgehead atoms. The largest absolute Gasteiger partial charge is 0.310 e. The lowest BCUT2D eigenvalue weighted by atomic mass is 10.0. The quantitative estimate of drug-likeness (QED) is 0.210. The van der Waals surface area contributed by atoms with Crippen LogP contribution in [0, 0.1) is 0 Å². The van der Waals surface area contributed by atoms with Crippen LogP contribution < -0.4 is 10.3 Å². The van der Waals surface area contributed by atoms with Crippen LogP contribution in [0.2, 0.25) is 0 Å². The number of para-hydroxylation sites is 4. The monoisotopic (exact) mass is 540 g/mol. The molecule has 4 heteroatoms. The molecule has 6 aromatic carbocycles. The van der Waals surface area contributed by atoms with Gasteiger partial charge in [0, 0.05) is 44.6 Å². The summed E-state index contributed by atoms with van der Waals surface area (Å²) in [4.78, 5) is 29.1. The Hall–Kier alpha value is -5.74. The van der Waals surface area contributed by atoms with Gasteiger partial charge in [0.1, 0.15) is 0 Å². The van der Waals surface area contributed by atoms with Gasteiger partial charge in [-0.2, -0.15) is 0 Å². The highest BCUT2D eigenvalue weighted by atomic mass is 16.1. The Kier molecular flexibility index (Phi) is 5.41. The van der Waals surface area contributed by atoms with Gasteiger partial charge >= 0.3 is 0 Å². The number of rotatable bonds is 4. The fraction of sp³-hybridized carbons (Fsp3) is 0. The average Bonchev–Trinajstić information content (AvgIpc) is 3.33. The van der Waals surface area contributed by atoms with Gasteiger partial charge in [-0.25, -0.2) is 0 Å². The van der Waals surface area contributed by atoms with Gasteiger partial charge in [0.2, 0.25) is 0 Å². The summed E-state index contributed by atoms with van der Waals surface area (Å²) in [7, 11) is 0. The van der Waals surface area contributed by atoms with Crippen molar-refractivity contribution in [1.82, 2.24) is 4.57 Å². The average molecular weight is 541 g/mol. The molecular weight excluding hydrogens is 516 g/mol. The van der Waals surface area contributed by atoms with Gasteiger partial charge in [0.25, 0.3) is 0 Å². The number of anilines is 3. The van der Waals surface area contributed by atoms with E-state index in [-0.39, 0.29) is 11.2 Å². The van der Waals surface area contributed by atoms with Crippen LogP contribution in [0.4, 0.5) is 17.1 Å². The molecule has 42 heavy (non-hydrogen) atoms. The van der Waals surface area contributed by atoms with Crippen molar-refractivity contribution in [2.24, 2.45) is 0 Å². The van der Waals surface area contributed by atoms with Crippen LogP contribution in [0.15, 0.2) is 150 Å². The molecule has 198 valence electrons. The number of carbonyl (C=O) groups is 1. The molecule has 0 unspecified atom stereocenters. The van der Waals surface area contributed by atoms with Crippen LogP contribution in [-0.2, 0) is 0 Å². The second kappa shape index (κ2) is 9.43. The number of carbonyl (C=O) groups excluding carboxylic acids is 1. The first-order valence-electron chi connectivity index (χ1n) is 14.0. The minimum Gasteiger partial charge on any atom is -0.310 e. The van der Waals surface area contributed by atoms with E-state index in [1.165, 1.54) is 0 Å². The van der Waals surface area contributed by atoms with Crippen LogP contribution in [0.25, 0.3) is 38.6 Å². The van der Waals surface area contributed by atoms with Crippen LogP contribution >= 0.6 is 0 Å². The summed E-state index contributed by atoms with van der Waals surface area (Å²) in [5, 5.41) is 1.33. The van der Waals surface area contributed by atoms with Gasteiger partial charge in [-0.3, -0.25) is 9.59 Å². The number of aromatic nitrogens is 1. The fourth-order valence-corrected chi connectivity index (χ4v) is 6.21. The highest BCUT2D eigenvalue weighted by Crippen LogP contribution is 2.43. The maximum atomic E-state index is 13.6. The van der Waals surface area contributed by atoms with Gasteiger partial charge in [0.15, 0.2) is 11.2 Å². The zero-order valence-electron chi connectivity index (χ0n) is 22.6. The molecule has 0 atom stereocenters. The summed E-state index contributed by atoms with van der Waals surface area (Å²) in [6, 6.07) is 48.0. The topological polar surface area (TPSA) is 42.3 Å². The van der Waals surface area contributed by atoms with Crippen LogP contribution in [0.5, 0.6) is 0 Å². The van der Waals surface area contributed by atoms with E-state index in [0.717, 1.165) is 44.9 Å². The molecule has 1 aromatic heterocycles. The van der Waals surface area contributed by atoms with Crippen molar-refractivity contribution in [3.8, 4) is 16.8 Å². The van der Waals surface area contributed by atoms with Gasteiger partial charge < -0.3 is 9.47 Å². The van der Waals surface area contributed by atoms with Crippen LogP contribution in [-0.4, -0.2) is 10.4 Å². The highest BCUT2D eigenvalue weighted by Gasteiger charge is 2.28. The van der Waals surface area contributed by atoms with Crippen molar-refractivity contribution in [2.45, 2.75) is 0 Å². The Morgan fingerprint density at radius 2 is 0.929 bits per heavy atom. The second-order valence-electron chi connectivity index (χ2n) is 10.5. The number of ketones is 1. The Morgan fingerprint density at radius 3 is 1.52 bits per heavy atom. The summed E-state index contributed by atoms with van der Waals surface area (Å²) >= 11 is 0. The van der Waals surface area contributed by atoms with Gasteiger partial charge in [-0.05, 0) is 96.1 Å². The van der Waals surface area contributed by atoms with E-state index in [1.807, 2.05) is 109 Å². The summed E-state index contributed by atoms with van der Waals surface area (Å²) in [6.45, 7) is 0. The third kappa shape index (κ3) is 3.62. The first-order valence-corrected chi connectivity index (χ1v) is 14.0. The molecule has 4 nitrogen and oxygen atoms in total. The molecule has 1 aliphatic rings. The maximum Gasteiger partial charge on any atom is 0.197 e. The third-order valence-corrected chi connectivity index (χ3v) is 8.11. The van der Waals surface area contributed by atoms with Crippen molar-refractivity contribution in [2.75, 3.05) is 4.90 Å². The molecule has 0 saturated carbocycles. The predicted molar refractivity (Wildman–Crippen MR) is 171 cm³/mol. The molecule has 0 fully saturated rings. The lowest BCUT2D eigenvalue weighted by Gasteiger charge is -2.26. The van der Waals surface area contributed by atoms with E-state index in [1.54, 1.807) is 0 Å². The zero-order chi connectivity index (χ0) is 28.2. The van der Waals surface area contributed by atoms with Crippen LogP contribution in [0.1, 0.15) is 15.9 Å². The smallest absolute Gasteiger partial charge is 0.197 e. The molecule has 0 N–H and O–H groups in total. The lowest BCUT2D eigenvalue weighted by Crippen LogP contribution is -2.10. The molecular formula is C38H24N2O2. The van der Waals surface area contributed by atoms with E-state index >= 15 is 0 Å². The molecule has 1 heterocycles. The predicted octanol–water partition coefficient (Wildman–Crippen LogP) is 8.83. The van der Waals surface area contributed by atoms with Crippen molar-refractivity contribution < 1.29 is 4.79 Å². The molecule has 0 spiro atoms. The van der Waals surface area contributed by atoms with Crippen molar-refractivity contribution in [1.29, 1.82) is 0 Å². The van der Waals surface area contributed by atoms with Crippen molar-refractivity contribution in [3.05, 3.63) is 167 Å². The van der Waals surface area contributed by atoms with E-state index in [9.17, 15) is 9.59 Å². The van der Waals surface area contributed by atoms with Gasteiger partial charge in [-0.1, -0.05) is 60.7 Å². The standard InChI is InChI=1S/C38H24N2O2/c41-37-29-21-19-27(39(25-11-3-1-4-12-25)26-13-5-2-6-14-26)23-33(29)34-24-28(20-22-30(34)37)40-35-17-9-7-15-31(35)38(42)32-16-8-10-18-36(32)40/h1-24H. The molecule has 0 saturated heterocycles.